The summed E-state index contributed by atoms with van der Waals surface area (Å²) in [4.78, 5) is 11.2. The maximum absolute atomic E-state index is 13.9. The molecule has 0 rings (SSSR count). The van der Waals surface area contributed by atoms with Crippen molar-refractivity contribution >= 4 is 5.97 Å². The summed E-state index contributed by atoms with van der Waals surface area (Å²) in [5.41, 5.74) is -3.67. The molecule has 0 aliphatic rings. The average Bonchev–Trinajstić information content (AvgIpc) is 2.43. The fourth-order valence-corrected chi connectivity index (χ4v) is 1.52. The van der Waals surface area contributed by atoms with Gasteiger partial charge in [0.05, 0.1) is 6.61 Å². The Morgan fingerprint density at radius 1 is 1.00 bits per heavy atom. The van der Waals surface area contributed by atoms with Crippen molar-refractivity contribution in [3.63, 3.8) is 0 Å². The quantitative estimate of drug-likeness (QED) is 0.167. The maximum atomic E-state index is 13.9. The SMILES string of the molecule is CCC(F)(F)C(F)(F)C(C)(F)C[CH-]C(=O)OCCOCC(C)(F)F.[W]. The summed E-state index contributed by atoms with van der Waals surface area (Å²) in [6.07, 6.45) is -2.22. The second-order valence-corrected chi connectivity index (χ2v) is 5.53. The minimum atomic E-state index is -4.98. The minimum absolute atomic E-state index is 0. The molecule has 0 bridgehead atoms. The molecule has 0 heterocycles. The van der Waals surface area contributed by atoms with E-state index in [0.717, 1.165) is 6.92 Å². The van der Waals surface area contributed by atoms with Crippen LogP contribution in [0.3, 0.4) is 0 Å². The number of halogens is 7. The van der Waals surface area contributed by atoms with Gasteiger partial charge in [0.15, 0.2) is 11.6 Å². The van der Waals surface area contributed by atoms with Crippen LogP contribution < -0.4 is 0 Å². The van der Waals surface area contributed by atoms with Crippen molar-refractivity contribution in [1.82, 2.24) is 0 Å². The molecule has 0 saturated heterocycles. The molecule has 11 heteroatoms. The van der Waals surface area contributed by atoms with Crippen LogP contribution in [0.15, 0.2) is 0 Å². The molecule has 0 spiro atoms. The van der Waals surface area contributed by atoms with Crippen molar-refractivity contribution in [3.8, 4) is 0 Å². The molecule has 0 N–H and O–H groups in total. The summed E-state index contributed by atoms with van der Waals surface area (Å²) in [7, 11) is 0. The zero-order valence-corrected chi connectivity index (χ0v) is 16.8. The van der Waals surface area contributed by atoms with E-state index < -0.39 is 55.5 Å². The van der Waals surface area contributed by atoms with Crippen LogP contribution in [-0.2, 0) is 35.3 Å². The first-order valence-corrected chi connectivity index (χ1v) is 7.06. The van der Waals surface area contributed by atoms with Crippen molar-refractivity contribution < 1.29 is 66.1 Å². The van der Waals surface area contributed by atoms with Gasteiger partial charge in [0.25, 0.3) is 5.92 Å². The molecule has 1 unspecified atom stereocenters. The van der Waals surface area contributed by atoms with Crippen LogP contribution in [0.4, 0.5) is 30.7 Å². The molecule has 150 valence electrons. The van der Waals surface area contributed by atoms with E-state index in [2.05, 4.69) is 9.47 Å². The summed E-state index contributed by atoms with van der Waals surface area (Å²) in [6.45, 7) is -0.124. The van der Waals surface area contributed by atoms with E-state index in [1.54, 1.807) is 0 Å². The number of esters is 1. The van der Waals surface area contributed by atoms with Crippen LogP contribution in [0.1, 0.15) is 33.6 Å². The summed E-state index contributed by atoms with van der Waals surface area (Å²) < 4.78 is 101. The van der Waals surface area contributed by atoms with Gasteiger partial charge in [-0.1, -0.05) is 6.92 Å². The monoisotopic (exact) mass is 553 g/mol. The predicted molar refractivity (Wildman–Crippen MR) is 71.0 cm³/mol. The van der Waals surface area contributed by atoms with Crippen LogP contribution in [0, 0.1) is 6.42 Å². The third-order valence-electron chi connectivity index (χ3n) is 3.04. The fourth-order valence-electron chi connectivity index (χ4n) is 1.52. The minimum Gasteiger partial charge on any atom is -0.486 e. The van der Waals surface area contributed by atoms with E-state index >= 15 is 0 Å². The van der Waals surface area contributed by atoms with Crippen LogP contribution in [-0.4, -0.2) is 49.2 Å². The molecule has 25 heavy (non-hydrogen) atoms. The maximum Gasteiger partial charge on any atom is 0.340 e. The first-order valence-electron chi connectivity index (χ1n) is 7.06. The second-order valence-electron chi connectivity index (χ2n) is 5.53. The van der Waals surface area contributed by atoms with Gasteiger partial charge in [-0.15, -0.1) is 6.42 Å². The Balaban J connectivity index is 0. The van der Waals surface area contributed by atoms with Crippen molar-refractivity contribution in [3.05, 3.63) is 6.42 Å². The summed E-state index contributed by atoms with van der Waals surface area (Å²) in [6, 6.07) is 0. The van der Waals surface area contributed by atoms with Gasteiger partial charge in [-0.05, 0) is 6.92 Å². The third kappa shape index (κ3) is 8.62. The Kier molecular flexibility index (Phi) is 10.7. The number of rotatable bonds is 11. The smallest absolute Gasteiger partial charge is 0.340 e. The van der Waals surface area contributed by atoms with Crippen molar-refractivity contribution in [2.45, 2.75) is 57.0 Å². The van der Waals surface area contributed by atoms with Gasteiger partial charge >= 0.3 is 11.8 Å². The molecule has 0 radical (unpaired) electrons. The van der Waals surface area contributed by atoms with E-state index in [4.69, 9.17) is 0 Å². The predicted octanol–water partition coefficient (Wildman–Crippen LogP) is 4.20. The van der Waals surface area contributed by atoms with E-state index in [9.17, 15) is 35.5 Å². The summed E-state index contributed by atoms with van der Waals surface area (Å²) in [5.74, 6) is -13.9. The standard InChI is InChI=1S/C14H20F7O3.W/c1-4-13(18,19)14(20,21)11(2,15)6-5-10(22)24-8-7-23-9-12(3,16)17;/h5H,4,6-9H2,1-3H3;/q-1;. The number of ether oxygens (including phenoxy) is 2. The molecule has 0 aliphatic heterocycles. The second kappa shape index (κ2) is 9.99. The molecule has 3 nitrogen and oxygen atoms in total. The molecule has 0 aromatic carbocycles. The van der Waals surface area contributed by atoms with Crippen LogP contribution in [0.25, 0.3) is 0 Å². The molecule has 0 aromatic heterocycles. The van der Waals surface area contributed by atoms with Gasteiger partial charge in [-0.2, -0.15) is 17.6 Å². The molecule has 1 atom stereocenters. The Labute approximate surface area is 155 Å². The first-order chi connectivity index (χ1) is 10.7. The van der Waals surface area contributed by atoms with Gasteiger partial charge in [-0.3, -0.25) is 11.2 Å². The van der Waals surface area contributed by atoms with E-state index in [-0.39, 0.29) is 34.6 Å². The Hall–Kier alpha value is -0.502. The number of carbonyl (C=O) groups excluding carboxylic acids is 1. The van der Waals surface area contributed by atoms with E-state index in [1.807, 2.05) is 0 Å². The molecular weight excluding hydrogens is 533 g/mol. The third-order valence-corrected chi connectivity index (χ3v) is 3.04. The Bertz CT molecular complexity index is 412. The number of hydrogen-bond donors (Lipinski definition) is 0. The molecule has 0 amide bonds. The van der Waals surface area contributed by atoms with E-state index in [0.29, 0.717) is 13.3 Å². The summed E-state index contributed by atoms with van der Waals surface area (Å²) >= 11 is 0. The Morgan fingerprint density at radius 2 is 1.52 bits per heavy atom. The van der Waals surface area contributed by atoms with Gasteiger partial charge < -0.3 is 9.47 Å². The molecule has 0 saturated carbocycles. The zero-order chi connectivity index (χ0) is 19.2. The zero-order valence-electron chi connectivity index (χ0n) is 13.9. The molecule has 0 aromatic rings. The van der Waals surface area contributed by atoms with Gasteiger partial charge in [0, 0.05) is 34.4 Å². The molecular formula is C14H20F7O3W-. The number of hydrogen-bond acceptors (Lipinski definition) is 3. The largest absolute Gasteiger partial charge is 0.486 e. The first kappa shape index (κ1) is 26.7. The normalized spacial score (nSPS) is 15.1. The molecule has 0 fully saturated rings. The van der Waals surface area contributed by atoms with E-state index in [1.165, 1.54) is 0 Å². The van der Waals surface area contributed by atoms with Gasteiger partial charge in [-0.25, -0.2) is 13.2 Å². The van der Waals surface area contributed by atoms with Gasteiger partial charge in [0.2, 0.25) is 0 Å². The topological polar surface area (TPSA) is 35.5 Å². The number of carbonyl (C=O) groups is 1. The van der Waals surface area contributed by atoms with Crippen molar-refractivity contribution in [2.24, 2.45) is 0 Å². The average molecular weight is 553 g/mol. The van der Waals surface area contributed by atoms with Crippen LogP contribution in [0.5, 0.6) is 0 Å². The fraction of sp³-hybridized carbons (Fsp3) is 0.857. The van der Waals surface area contributed by atoms with Crippen LogP contribution >= 0.6 is 0 Å². The number of alkyl halides is 7. The van der Waals surface area contributed by atoms with Crippen molar-refractivity contribution in [1.29, 1.82) is 0 Å². The Morgan fingerprint density at radius 3 is 1.96 bits per heavy atom. The van der Waals surface area contributed by atoms with Crippen molar-refractivity contribution in [2.75, 3.05) is 19.8 Å². The van der Waals surface area contributed by atoms with Gasteiger partial charge in [0.1, 0.15) is 13.2 Å². The molecule has 0 aliphatic carbocycles. The summed E-state index contributed by atoms with van der Waals surface area (Å²) in [5, 5.41) is 0. The van der Waals surface area contributed by atoms with Crippen LogP contribution in [0.2, 0.25) is 0 Å².